The predicted molar refractivity (Wildman–Crippen MR) is 216 cm³/mol. The molecule has 60 heavy (non-hydrogen) atoms. The molecule has 2 rings (SSSR count). The lowest BCUT2D eigenvalue weighted by Crippen LogP contribution is -2.60. The molecule has 2 saturated heterocycles. The van der Waals surface area contributed by atoms with E-state index in [4.69, 9.17) is 11.5 Å². The number of carbonyl (C=O) groups excluding carboxylic acids is 6. The second kappa shape index (κ2) is 25.2. The van der Waals surface area contributed by atoms with Gasteiger partial charge in [-0.1, -0.05) is 34.1 Å². The van der Waals surface area contributed by atoms with E-state index in [2.05, 4.69) is 36.9 Å². The Labute approximate surface area is 349 Å². The summed E-state index contributed by atoms with van der Waals surface area (Å²) in [6.45, 7) is 7.97. The molecule has 0 saturated carbocycles. The van der Waals surface area contributed by atoms with Crippen LogP contribution >= 0.6 is 0 Å². The molecule has 6 amide bonds. The molecule has 338 valence electrons. The van der Waals surface area contributed by atoms with E-state index in [1.54, 1.807) is 27.7 Å². The van der Waals surface area contributed by atoms with Gasteiger partial charge in [0, 0.05) is 25.9 Å². The van der Waals surface area contributed by atoms with Crippen molar-refractivity contribution in [1.82, 2.24) is 36.8 Å². The Morgan fingerprint density at radius 3 is 1.75 bits per heavy atom. The number of nitrogens with one attached hydrogen (secondary N) is 6. The second-order valence-electron chi connectivity index (χ2n) is 15.7. The van der Waals surface area contributed by atoms with Gasteiger partial charge < -0.3 is 63.6 Å². The Bertz CT molecular complexity index is 1570. The number of likely N-dealkylation sites (tertiary alicyclic amines) is 1. The van der Waals surface area contributed by atoms with Crippen molar-refractivity contribution in [2.45, 2.75) is 147 Å². The molecule has 0 aromatic rings. The molecule has 2 fully saturated rings. The van der Waals surface area contributed by atoms with Crippen LogP contribution in [0.5, 0.6) is 0 Å². The van der Waals surface area contributed by atoms with Gasteiger partial charge in [0.2, 0.25) is 35.4 Å². The number of hydrogen-bond donors (Lipinski definition) is 11. The fourth-order valence-electron chi connectivity index (χ4n) is 6.97. The minimum atomic E-state index is -1.62. The van der Waals surface area contributed by atoms with Crippen LogP contribution in [0.4, 0.5) is 0 Å². The number of nitrogens with two attached hydrogens (primary N) is 2. The van der Waals surface area contributed by atoms with Crippen LogP contribution in [0.3, 0.4) is 0 Å². The average Bonchev–Trinajstić information content (AvgIpc) is 3.90. The summed E-state index contributed by atoms with van der Waals surface area (Å²) in [6, 6.07) is -8.42. The number of aliphatic carboxylic acids is 3. The van der Waals surface area contributed by atoms with Gasteiger partial charge in [-0.15, -0.1) is 0 Å². The van der Waals surface area contributed by atoms with E-state index in [0.717, 1.165) is 6.42 Å². The summed E-state index contributed by atoms with van der Waals surface area (Å²) in [6.07, 6.45) is 0.645. The molecule has 0 spiro atoms. The molecule has 2 aliphatic heterocycles. The van der Waals surface area contributed by atoms with Crippen LogP contribution in [0.25, 0.3) is 0 Å². The minimum absolute atomic E-state index is 0.0262. The quantitative estimate of drug-likeness (QED) is 0.0258. The van der Waals surface area contributed by atoms with E-state index in [-0.39, 0.29) is 43.6 Å². The molecule has 0 radical (unpaired) electrons. The van der Waals surface area contributed by atoms with Crippen molar-refractivity contribution < 1.29 is 58.5 Å². The molecule has 2 heterocycles. The molecule has 22 heteroatoms. The largest absolute Gasteiger partial charge is 0.481 e. The van der Waals surface area contributed by atoms with E-state index in [0.29, 0.717) is 38.8 Å². The van der Waals surface area contributed by atoms with E-state index in [1.807, 2.05) is 0 Å². The molecule has 0 aromatic heterocycles. The standard InChI is InChI=1S/C38H64N10O12/c1-5-21(4)30(37(59)60)47-34(56)26(19-20(2)3)46-31(53)22(9-6-17-42-38(39)40)43-32(54)23(12-14-28(49)50)44-33(55)24(13-15-29(51)52)45-35(57)27-11-8-18-48(27)36(58)25-10-7-16-41-25/h20-27,30,41H,5-19H2,1-4H3,(H,43,54)(H,44,55)(H,45,57)(H,46,53)(H,47,56)(H,49,50)(H,51,52)(H,59,60)(H4,39,40,42)/t21-,22-,23-,24-,25-,26-,27-,30-/m0/s1. The SMILES string of the molecule is CC[C@H](C)[C@H](NC(=O)[C@H](CC(C)C)NC(=O)[C@H](CCCN=C(N)N)NC(=O)[C@H](CCC(=O)O)NC(=O)[C@H](CCC(=O)O)NC(=O)[C@@H]1CCCN1C(=O)[C@@H]1CCCN1)C(=O)O. The van der Waals surface area contributed by atoms with Gasteiger partial charge in [-0.05, 0) is 76.2 Å². The Balaban J connectivity index is 2.36. The first-order valence-electron chi connectivity index (χ1n) is 20.5. The topological polar surface area (TPSA) is 354 Å². The van der Waals surface area contributed by atoms with Crippen molar-refractivity contribution in [2.75, 3.05) is 19.6 Å². The molecule has 8 atom stereocenters. The first-order valence-corrected chi connectivity index (χ1v) is 20.5. The highest BCUT2D eigenvalue weighted by molar-refractivity contribution is 5.97. The minimum Gasteiger partial charge on any atom is -0.481 e. The van der Waals surface area contributed by atoms with Crippen LogP contribution in [0.2, 0.25) is 0 Å². The third-order valence-electron chi connectivity index (χ3n) is 10.5. The molecule has 13 N–H and O–H groups in total. The monoisotopic (exact) mass is 852 g/mol. The lowest BCUT2D eigenvalue weighted by atomic mass is 9.97. The van der Waals surface area contributed by atoms with Gasteiger partial charge in [-0.25, -0.2) is 4.79 Å². The van der Waals surface area contributed by atoms with Crippen LogP contribution in [-0.2, 0) is 43.2 Å². The van der Waals surface area contributed by atoms with E-state index >= 15 is 0 Å². The Kier molecular flexibility index (Phi) is 21.2. The van der Waals surface area contributed by atoms with Gasteiger partial charge in [0.05, 0.1) is 6.04 Å². The zero-order chi connectivity index (χ0) is 45.1. The molecule has 0 unspecified atom stereocenters. The fourth-order valence-corrected chi connectivity index (χ4v) is 6.97. The van der Waals surface area contributed by atoms with Gasteiger partial charge in [0.15, 0.2) is 5.96 Å². The lowest BCUT2D eigenvalue weighted by Gasteiger charge is -2.29. The Morgan fingerprint density at radius 2 is 1.27 bits per heavy atom. The first kappa shape index (κ1) is 50.6. The van der Waals surface area contributed by atoms with E-state index in [9.17, 15) is 58.5 Å². The number of rotatable bonds is 26. The van der Waals surface area contributed by atoms with Crippen LogP contribution < -0.4 is 43.4 Å². The Morgan fingerprint density at radius 1 is 0.733 bits per heavy atom. The van der Waals surface area contributed by atoms with Crippen LogP contribution in [-0.4, -0.2) is 141 Å². The van der Waals surface area contributed by atoms with Crippen molar-refractivity contribution in [2.24, 2.45) is 28.3 Å². The maximum atomic E-state index is 13.9. The number of nitrogens with zero attached hydrogens (tertiary/aromatic N) is 2. The lowest BCUT2D eigenvalue weighted by molar-refractivity contribution is -0.144. The van der Waals surface area contributed by atoms with E-state index < -0.39 is 121 Å². The number of hydrogen-bond acceptors (Lipinski definition) is 11. The highest BCUT2D eigenvalue weighted by Crippen LogP contribution is 2.21. The average molecular weight is 853 g/mol. The summed E-state index contributed by atoms with van der Waals surface area (Å²) in [5.74, 6) is -9.33. The summed E-state index contributed by atoms with van der Waals surface area (Å²) >= 11 is 0. The summed E-state index contributed by atoms with van der Waals surface area (Å²) in [4.78, 5) is 122. The number of guanidine groups is 1. The maximum absolute atomic E-state index is 13.9. The van der Waals surface area contributed by atoms with Crippen molar-refractivity contribution in [1.29, 1.82) is 0 Å². The highest BCUT2D eigenvalue weighted by Gasteiger charge is 2.40. The molecule has 0 aromatic carbocycles. The highest BCUT2D eigenvalue weighted by atomic mass is 16.4. The zero-order valence-electron chi connectivity index (χ0n) is 34.9. The normalized spacial score (nSPS) is 19.1. The molecular weight excluding hydrogens is 788 g/mol. The van der Waals surface area contributed by atoms with Crippen LogP contribution in [0.1, 0.15) is 105 Å². The van der Waals surface area contributed by atoms with Gasteiger partial charge in [-0.3, -0.25) is 43.3 Å². The third kappa shape index (κ3) is 17.0. The van der Waals surface area contributed by atoms with Crippen molar-refractivity contribution >= 4 is 59.3 Å². The Hall–Kier alpha value is -5.54. The molecule has 0 bridgehead atoms. The zero-order valence-corrected chi connectivity index (χ0v) is 34.9. The summed E-state index contributed by atoms with van der Waals surface area (Å²) < 4.78 is 0. The van der Waals surface area contributed by atoms with Gasteiger partial charge in [0.25, 0.3) is 0 Å². The number of carboxylic acids is 3. The number of amides is 6. The predicted octanol–water partition coefficient (Wildman–Crippen LogP) is -1.89. The third-order valence-corrected chi connectivity index (χ3v) is 10.5. The molecular formula is C38H64N10O12. The summed E-state index contributed by atoms with van der Waals surface area (Å²) in [5.41, 5.74) is 10.9. The van der Waals surface area contributed by atoms with Crippen molar-refractivity contribution in [3.05, 3.63) is 0 Å². The summed E-state index contributed by atoms with van der Waals surface area (Å²) in [7, 11) is 0. The maximum Gasteiger partial charge on any atom is 0.326 e. The van der Waals surface area contributed by atoms with Crippen molar-refractivity contribution in [3.63, 3.8) is 0 Å². The molecule has 22 nitrogen and oxygen atoms in total. The van der Waals surface area contributed by atoms with E-state index in [1.165, 1.54) is 4.90 Å². The van der Waals surface area contributed by atoms with Gasteiger partial charge in [-0.2, -0.15) is 0 Å². The number of carboxylic acid groups (broad SMARTS) is 3. The van der Waals surface area contributed by atoms with Crippen LogP contribution in [0, 0.1) is 11.8 Å². The second-order valence-corrected chi connectivity index (χ2v) is 15.7. The number of aliphatic imine (C=N–C) groups is 1. The number of carbonyl (C=O) groups is 9. The summed E-state index contributed by atoms with van der Waals surface area (Å²) in [5, 5.41) is 44.3. The van der Waals surface area contributed by atoms with Gasteiger partial charge >= 0.3 is 17.9 Å². The van der Waals surface area contributed by atoms with Gasteiger partial charge in [0.1, 0.15) is 36.3 Å². The molecule has 0 aliphatic carbocycles. The fraction of sp³-hybridized carbons (Fsp3) is 0.737. The molecule has 2 aliphatic rings. The first-order chi connectivity index (χ1) is 28.2. The van der Waals surface area contributed by atoms with Crippen LogP contribution in [0.15, 0.2) is 4.99 Å². The smallest absolute Gasteiger partial charge is 0.326 e. The van der Waals surface area contributed by atoms with Crippen molar-refractivity contribution in [3.8, 4) is 0 Å².